The number of fused-ring (bicyclic) bond motifs is 1. The zero-order valence-corrected chi connectivity index (χ0v) is 12.9. The van der Waals surface area contributed by atoms with Gasteiger partial charge in [0.05, 0.1) is 0 Å². The van der Waals surface area contributed by atoms with E-state index in [2.05, 4.69) is 51.6 Å². The molecule has 4 heteroatoms. The van der Waals surface area contributed by atoms with Gasteiger partial charge < -0.3 is 5.32 Å². The summed E-state index contributed by atoms with van der Waals surface area (Å²) in [5.74, 6) is 0. The van der Waals surface area contributed by atoms with Crippen LogP contribution in [0.5, 0.6) is 0 Å². The summed E-state index contributed by atoms with van der Waals surface area (Å²) in [5, 5.41) is 3.63. The number of benzene rings is 1. The molecule has 1 aromatic heterocycles. The van der Waals surface area contributed by atoms with Gasteiger partial charge in [-0.1, -0.05) is 35.9 Å². The van der Waals surface area contributed by atoms with Crippen LogP contribution in [0.2, 0.25) is 4.34 Å². The van der Waals surface area contributed by atoms with Crippen LogP contribution in [0.3, 0.4) is 0 Å². The summed E-state index contributed by atoms with van der Waals surface area (Å²) in [4.78, 5) is 1.27. The molecule has 0 fully saturated rings. The molecule has 0 radical (unpaired) electrons. The molecule has 1 N–H and O–H groups in total. The molecule has 0 aliphatic heterocycles. The number of halogens is 2. The summed E-state index contributed by atoms with van der Waals surface area (Å²) in [6, 6.07) is 11.3. The number of nitrogens with one attached hydrogen (secondary N) is 1. The van der Waals surface area contributed by atoms with E-state index in [1.54, 1.807) is 11.3 Å². The third kappa shape index (κ3) is 2.50. The molecule has 0 saturated carbocycles. The van der Waals surface area contributed by atoms with Gasteiger partial charge in [-0.2, -0.15) is 0 Å². The number of thiophene rings is 1. The van der Waals surface area contributed by atoms with Crippen LogP contribution in [0.25, 0.3) is 0 Å². The summed E-state index contributed by atoms with van der Waals surface area (Å²) >= 11 is 11.1. The molecule has 18 heavy (non-hydrogen) atoms. The van der Waals surface area contributed by atoms with E-state index in [0.29, 0.717) is 6.04 Å². The molecule has 94 valence electrons. The second-order valence-corrected chi connectivity index (χ2v) is 7.10. The van der Waals surface area contributed by atoms with Gasteiger partial charge in [-0.15, -0.1) is 11.3 Å². The van der Waals surface area contributed by atoms with Crippen molar-refractivity contribution in [2.75, 3.05) is 0 Å². The lowest BCUT2D eigenvalue weighted by atomic mass is 10.1. The van der Waals surface area contributed by atoms with E-state index in [4.69, 9.17) is 11.6 Å². The van der Waals surface area contributed by atoms with Crippen LogP contribution in [0, 0.1) is 0 Å². The zero-order chi connectivity index (χ0) is 12.5. The Morgan fingerprint density at radius 2 is 2.22 bits per heavy atom. The Bertz CT molecular complexity index is 547. The highest BCUT2D eigenvalue weighted by molar-refractivity contribution is 9.10. The van der Waals surface area contributed by atoms with Gasteiger partial charge in [0.15, 0.2) is 0 Å². The number of rotatable bonds is 3. The van der Waals surface area contributed by atoms with Crippen LogP contribution in [0.4, 0.5) is 0 Å². The molecule has 0 amide bonds. The van der Waals surface area contributed by atoms with Gasteiger partial charge >= 0.3 is 0 Å². The lowest BCUT2D eigenvalue weighted by Crippen LogP contribution is -2.17. The molecular weight excluding hydrogens is 330 g/mol. The largest absolute Gasteiger partial charge is 0.305 e. The molecule has 1 unspecified atom stereocenters. The summed E-state index contributed by atoms with van der Waals surface area (Å²) in [5.41, 5.74) is 2.94. The van der Waals surface area contributed by atoms with Crippen LogP contribution in [0.15, 0.2) is 34.8 Å². The lowest BCUT2D eigenvalue weighted by Gasteiger charge is -2.13. The summed E-state index contributed by atoms with van der Waals surface area (Å²) in [6.07, 6.45) is 2.38. The Morgan fingerprint density at radius 1 is 1.39 bits per heavy atom. The van der Waals surface area contributed by atoms with Crippen molar-refractivity contribution in [3.8, 4) is 0 Å². The monoisotopic (exact) mass is 341 g/mol. The molecule has 0 saturated heterocycles. The van der Waals surface area contributed by atoms with E-state index in [1.807, 2.05) is 0 Å². The Kier molecular flexibility index (Phi) is 3.76. The fourth-order valence-corrected chi connectivity index (χ4v) is 4.21. The van der Waals surface area contributed by atoms with E-state index in [-0.39, 0.29) is 0 Å². The Balaban J connectivity index is 1.68. The average Bonchev–Trinajstić information content (AvgIpc) is 2.92. The molecule has 1 heterocycles. The second-order valence-electron chi connectivity index (χ2n) is 4.51. The van der Waals surface area contributed by atoms with Crippen molar-refractivity contribution in [2.45, 2.75) is 25.4 Å². The number of hydrogen-bond donors (Lipinski definition) is 1. The predicted octanol–water partition coefficient (Wildman–Crippen LogP) is 4.94. The lowest BCUT2D eigenvalue weighted by molar-refractivity contribution is 0.533. The highest BCUT2D eigenvalue weighted by Crippen LogP contribution is 2.34. The molecule has 1 nitrogen and oxygen atoms in total. The third-order valence-corrected chi connectivity index (χ3v) is 5.83. The van der Waals surface area contributed by atoms with E-state index >= 15 is 0 Å². The molecule has 1 aliphatic rings. The van der Waals surface area contributed by atoms with Crippen molar-refractivity contribution in [3.05, 3.63) is 55.1 Å². The fraction of sp³-hybridized carbons (Fsp3) is 0.286. The van der Waals surface area contributed by atoms with Crippen molar-refractivity contribution in [1.82, 2.24) is 5.32 Å². The molecule has 0 bridgehead atoms. The topological polar surface area (TPSA) is 12.0 Å². The van der Waals surface area contributed by atoms with E-state index in [9.17, 15) is 0 Å². The fourth-order valence-electron chi connectivity index (χ4n) is 2.47. The Labute approximate surface area is 124 Å². The molecule has 1 aliphatic carbocycles. The maximum absolute atomic E-state index is 6.05. The van der Waals surface area contributed by atoms with Crippen LogP contribution in [0.1, 0.15) is 28.5 Å². The minimum Gasteiger partial charge on any atom is -0.305 e. The van der Waals surface area contributed by atoms with Gasteiger partial charge in [-0.3, -0.25) is 0 Å². The standard InChI is InChI=1S/C14H13BrClNS/c15-12-7-10(18-14(12)16)8-17-13-6-5-9-3-1-2-4-11(9)13/h1-4,7,13,17H,5-6,8H2. The molecule has 2 aromatic rings. The smallest absolute Gasteiger partial charge is 0.107 e. The molecule has 3 rings (SSSR count). The van der Waals surface area contributed by atoms with E-state index < -0.39 is 0 Å². The SMILES string of the molecule is Clc1sc(CNC2CCc3ccccc32)cc1Br. The highest BCUT2D eigenvalue weighted by Gasteiger charge is 2.21. The molecule has 0 spiro atoms. The normalized spacial score (nSPS) is 18.0. The minimum atomic E-state index is 0.487. The molecule has 1 atom stereocenters. The average molecular weight is 343 g/mol. The van der Waals surface area contributed by atoms with Crippen LogP contribution < -0.4 is 5.32 Å². The van der Waals surface area contributed by atoms with Gasteiger partial charge in [0.25, 0.3) is 0 Å². The molecule has 1 aromatic carbocycles. The van der Waals surface area contributed by atoms with Gasteiger partial charge in [-0.05, 0) is 46.0 Å². The van der Waals surface area contributed by atoms with E-state index in [1.165, 1.54) is 28.8 Å². The van der Waals surface area contributed by atoms with Gasteiger partial charge in [-0.25, -0.2) is 0 Å². The van der Waals surface area contributed by atoms with Crippen molar-refractivity contribution >= 4 is 38.9 Å². The summed E-state index contributed by atoms with van der Waals surface area (Å²) in [7, 11) is 0. The highest BCUT2D eigenvalue weighted by atomic mass is 79.9. The Morgan fingerprint density at radius 3 is 3.00 bits per heavy atom. The quantitative estimate of drug-likeness (QED) is 0.833. The Hall–Kier alpha value is -0.350. The first-order valence-electron chi connectivity index (χ1n) is 5.99. The van der Waals surface area contributed by atoms with Crippen molar-refractivity contribution in [3.63, 3.8) is 0 Å². The third-order valence-electron chi connectivity index (χ3n) is 3.35. The number of aryl methyl sites for hydroxylation is 1. The number of hydrogen-bond acceptors (Lipinski definition) is 2. The maximum atomic E-state index is 6.05. The first kappa shape index (κ1) is 12.7. The molecular formula is C14H13BrClNS. The van der Waals surface area contributed by atoms with Crippen LogP contribution in [-0.4, -0.2) is 0 Å². The summed E-state index contributed by atoms with van der Waals surface area (Å²) < 4.78 is 1.83. The van der Waals surface area contributed by atoms with Gasteiger partial charge in [0, 0.05) is 21.9 Å². The van der Waals surface area contributed by atoms with Crippen molar-refractivity contribution in [2.24, 2.45) is 0 Å². The van der Waals surface area contributed by atoms with Crippen LogP contribution >= 0.6 is 38.9 Å². The first-order chi connectivity index (χ1) is 8.74. The van der Waals surface area contributed by atoms with Gasteiger partial charge in [0.2, 0.25) is 0 Å². The summed E-state index contributed by atoms with van der Waals surface area (Å²) in [6.45, 7) is 0.884. The van der Waals surface area contributed by atoms with Crippen molar-refractivity contribution in [1.29, 1.82) is 0 Å². The minimum absolute atomic E-state index is 0.487. The van der Waals surface area contributed by atoms with Crippen molar-refractivity contribution < 1.29 is 0 Å². The second kappa shape index (κ2) is 5.33. The van der Waals surface area contributed by atoms with Gasteiger partial charge in [0.1, 0.15) is 4.34 Å². The first-order valence-corrected chi connectivity index (χ1v) is 7.97. The zero-order valence-electron chi connectivity index (χ0n) is 9.75. The van der Waals surface area contributed by atoms with E-state index in [0.717, 1.165) is 15.4 Å². The predicted molar refractivity (Wildman–Crippen MR) is 81.4 cm³/mol. The maximum Gasteiger partial charge on any atom is 0.107 e. The van der Waals surface area contributed by atoms with Crippen LogP contribution in [-0.2, 0) is 13.0 Å².